The highest BCUT2D eigenvalue weighted by Crippen LogP contribution is 2.16. The maximum atomic E-state index is 11.2. The van der Waals surface area contributed by atoms with E-state index in [0.717, 1.165) is 4.47 Å². The maximum Gasteiger partial charge on any atom is 0.340 e. The second-order valence-corrected chi connectivity index (χ2v) is 11.3. The summed E-state index contributed by atoms with van der Waals surface area (Å²) >= 11 is 20.2. The van der Waals surface area contributed by atoms with E-state index in [4.69, 9.17) is 34.8 Å². The number of carbonyl (C=O) groups excluding carboxylic acids is 8. The summed E-state index contributed by atoms with van der Waals surface area (Å²) in [6, 6.07) is 25.8. The number of ether oxygens (including phenoxy) is 4. The highest BCUT2D eigenvalue weighted by molar-refractivity contribution is 9.10. The topological polar surface area (TPSA) is 173 Å². The molecule has 0 atom stereocenters. The Morgan fingerprint density at radius 2 is 0.904 bits per heavy atom. The van der Waals surface area contributed by atoms with Crippen molar-refractivity contribution >= 4 is 99.8 Å². The maximum absolute atomic E-state index is 11.2. The molecule has 0 spiro atoms. The minimum atomic E-state index is -0.585. The molecule has 0 unspecified atom stereocenters. The van der Waals surface area contributed by atoms with E-state index in [9.17, 15) is 38.4 Å². The van der Waals surface area contributed by atoms with Gasteiger partial charge in [-0.25, -0.2) is 19.2 Å². The van der Waals surface area contributed by atoms with Crippen LogP contribution in [-0.4, -0.2) is 75.4 Å². The largest absolute Gasteiger partial charge is 0.454 e. The van der Waals surface area contributed by atoms with Crippen molar-refractivity contribution in [2.24, 2.45) is 0 Å². The molecule has 0 aliphatic rings. The quantitative estimate of drug-likeness (QED) is 0.0823. The Hall–Kier alpha value is -5.21. The van der Waals surface area contributed by atoms with E-state index in [1.807, 2.05) is 0 Å². The predicted molar refractivity (Wildman–Crippen MR) is 194 cm³/mol. The van der Waals surface area contributed by atoms with E-state index >= 15 is 0 Å². The molecule has 16 heteroatoms. The van der Waals surface area contributed by atoms with E-state index in [2.05, 4.69) is 34.9 Å². The van der Waals surface area contributed by atoms with E-state index in [1.165, 1.54) is 24.3 Å². The number of carbonyl (C=O) groups is 8. The first-order valence-electron chi connectivity index (χ1n) is 14.4. The summed E-state index contributed by atoms with van der Waals surface area (Å²) in [6.45, 7) is -0.897. The van der Waals surface area contributed by atoms with Crippen LogP contribution in [-0.2, 0) is 38.1 Å². The Bertz CT molecular complexity index is 1720. The third-order valence-electron chi connectivity index (χ3n) is 5.44. The Kier molecular flexibility index (Phi) is 22.9. The van der Waals surface area contributed by atoms with Crippen LogP contribution < -0.4 is 0 Å². The van der Waals surface area contributed by atoms with Gasteiger partial charge >= 0.3 is 23.9 Å². The van der Waals surface area contributed by atoms with Crippen LogP contribution in [0.3, 0.4) is 0 Å². The summed E-state index contributed by atoms with van der Waals surface area (Å²) in [5.41, 5.74) is 1.43. The molecule has 0 aliphatic heterocycles. The molecule has 52 heavy (non-hydrogen) atoms. The minimum absolute atomic E-state index is 0.200. The van der Waals surface area contributed by atoms with Crippen molar-refractivity contribution in [2.45, 2.75) is 0 Å². The standard InChI is InChI=1S/C9H7BrO3.3C9H7ClO3/c2*10-8-3-1-7(2-4-8)9(12)13-6-5-11;10-8-3-1-2-7(6-8)9(12)13-5-4-11;10-8-4-2-1-3-7(8)9(12)13-6-5-11/h2*1-5H,6H2;1-4,6H,5H2;1-5H,6H2. The van der Waals surface area contributed by atoms with E-state index in [0.29, 0.717) is 56.9 Å². The van der Waals surface area contributed by atoms with Crippen LogP contribution in [0.2, 0.25) is 15.1 Å². The molecular formula is C36H28BrCl3O12. The lowest BCUT2D eigenvalue weighted by Crippen LogP contribution is -2.07. The number of halogens is 4. The molecule has 0 fully saturated rings. The van der Waals surface area contributed by atoms with Gasteiger partial charge in [0, 0.05) is 14.5 Å². The highest BCUT2D eigenvalue weighted by Gasteiger charge is 2.10. The molecule has 4 rings (SSSR count). The molecule has 4 aromatic rings. The second-order valence-electron chi connectivity index (χ2n) is 9.06. The molecule has 0 amide bonds. The summed E-state index contributed by atoms with van der Waals surface area (Å²) in [5, 5.41) is 1.32. The summed E-state index contributed by atoms with van der Waals surface area (Å²) in [4.78, 5) is 84.1. The van der Waals surface area contributed by atoms with Gasteiger partial charge in [-0.05, 0) is 78.9 Å². The number of hydrogen-bond donors (Lipinski definition) is 0. The lowest BCUT2D eigenvalue weighted by molar-refractivity contribution is -0.111. The summed E-state index contributed by atoms with van der Waals surface area (Å²) in [6.07, 6.45) is 2.09. The van der Waals surface area contributed by atoms with Crippen molar-refractivity contribution in [2.75, 3.05) is 26.4 Å². The minimum Gasteiger partial charge on any atom is -0.454 e. The molecule has 0 radical (unpaired) electrons. The van der Waals surface area contributed by atoms with Crippen molar-refractivity contribution in [1.29, 1.82) is 0 Å². The third-order valence-corrected chi connectivity index (χ3v) is 6.79. The molecule has 0 saturated carbocycles. The van der Waals surface area contributed by atoms with Crippen LogP contribution in [0.1, 0.15) is 41.4 Å². The van der Waals surface area contributed by atoms with E-state index in [1.54, 1.807) is 72.8 Å². The van der Waals surface area contributed by atoms with Gasteiger partial charge in [0.25, 0.3) is 0 Å². The van der Waals surface area contributed by atoms with E-state index in [-0.39, 0.29) is 32.0 Å². The monoisotopic (exact) mass is 836 g/mol. The van der Waals surface area contributed by atoms with Crippen LogP contribution in [0, 0.1) is 0 Å². The number of rotatable bonds is 12. The molecule has 272 valence electrons. The average molecular weight is 839 g/mol. The lowest BCUT2D eigenvalue weighted by atomic mass is 10.2. The van der Waals surface area contributed by atoms with Crippen LogP contribution in [0.15, 0.2) is 102 Å². The molecule has 0 N–H and O–H groups in total. The Balaban J connectivity index is 0.000000347. The summed E-state index contributed by atoms with van der Waals surface area (Å²) < 4.78 is 19.2. The fraction of sp³-hybridized carbons (Fsp3) is 0.111. The van der Waals surface area contributed by atoms with Gasteiger partial charge in [-0.2, -0.15) is 0 Å². The van der Waals surface area contributed by atoms with Crippen molar-refractivity contribution in [3.63, 3.8) is 0 Å². The highest BCUT2D eigenvalue weighted by atomic mass is 79.9. The molecule has 0 aromatic heterocycles. The Labute approximate surface area is 321 Å². The van der Waals surface area contributed by atoms with Gasteiger partial charge in [-0.15, -0.1) is 0 Å². The van der Waals surface area contributed by atoms with Crippen molar-refractivity contribution in [1.82, 2.24) is 0 Å². The van der Waals surface area contributed by atoms with Gasteiger partial charge in [-0.3, -0.25) is 19.2 Å². The Morgan fingerprint density at radius 3 is 1.35 bits per heavy atom. The van der Waals surface area contributed by atoms with Gasteiger partial charge in [0.1, 0.15) is 26.4 Å². The zero-order valence-electron chi connectivity index (χ0n) is 26.8. The number of benzene rings is 4. The van der Waals surface area contributed by atoms with Crippen LogP contribution >= 0.6 is 50.7 Å². The fourth-order valence-corrected chi connectivity index (χ4v) is 3.97. The third kappa shape index (κ3) is 18.7. The van der Waals surface area contributed by atoms with Crippen LogP contribution in [0.25, 0.3) is 0 Å². The predicted octanol–water partition coefficient (Wildman–Crippen LogP) is 6.89. The molecule has 0 heterocycles. The van der Waals surface area contributed by atoms with Gasteiger partial charge in [-0.1, -0.05) is 68.9 Å². The fourth-order valence-electron chi connectivity index (χ4n) is 3.18. The molecule has 0 aliphatic carbocycles. The van der Waals surface area contributed by atoms with Crippen molar-refractivity contribution in [3.05, 3.63) is 139 Å². The first kappa shape index (κ1) is 44.8. The second kappa shape index (κ2) is 26.6. The van der Waals surface area contributed by atoms with E-state index < -0.39 is 23.9 Å². The molecule has 0 saturated heterocycles. The van der Waals surface area contributed by atoms with Crippen LogP contribution in [0.4, 0.5) is 0 Å². The lowest BCUT2D eigenvalue weighted by Gasteiger charge is -2.01. The van der Waals surface area contributed by atoms with Crippen LogP contribution in [0.5, 0.6) is 0 Å². The molecule has 0 bridgehead atoms. The zero-order chi connectivity index (χ0) is 38.7. The zero-order valence-corrected chi connectivity index (χ0v) is 30.6. The Morgan fingerprint density at radius 1 is 0.481 bits per heavy atom. The van der Waals surface area contributed by atoms with Gasteiger partial charge in [0.05, 0.1) is 27.3 Å². The average Bonchev–Trinajstić information content (AvgIpc) is 3.15. The van der Waals surface area contributed by atoms with Crippen molar-refractivity contribution in [3.8, 4) is 0 Å². The number of aldehydes is 4. The molecule has 4 aromatic carbocycles. The molecular weight excluding hydrogens is 811 g/mol. The van der Waals surface area contributed by atoms with Gasteiger partial charge in [0.2, 0.25) is 0 Å². The van der Waals surface area contributed by atoms with Crippen molar-refractivity contribution < 1.29 is 57.3 Å². The van der Waals surface area contributed by atoms with Gasteiger partial charge < -0.3 is 18.9 Å². The molecule has 12 nitrogen and oxygen atoms in total. The number of hydrogen-bond acceptors (Lipinski definition) is 12. The summed E-state index contributed by atoms with van der Waals surface area (Å²) in [7, 11) is 0. The smallest absolute Gasteiger partial charge is 0.340 e. The number of esters is 4. The summed E-state index contributed by atoms with van der Waals surface area (Å²) in [5.74, 6) is -2.14. The normalized spacial score (nSPS) is 9.31. The SMILES string of the molecule is O=CCOC(=O)c1ccc(Br)cc1.O=CCOC(=O)c1ccc(Cl)cc1.O=CCOC(=O)c1cccc(Cl)c1.O=CCOC(=O)c1ccccc1Cl. The first-order valence-corrected chi connectivity index (χ1v) is 16.3. The van der Waals surface area contributed by atoms with Gasteiger partial charge in [0.15, 0.2) is 25.1 Å². The first-order chi connectivity index (χ1) is 25.0.